The normalized spacial score (nSPS) is 27.6. The van der Waals surface area contributed by atoms with Gasteiger partial charge in [-0.25, -0.2) is 0 Å². The van der Waals surface area contributed by atoms with Crippen LogP contribution < -0.4 is 5.32 Å². The minimum absolute atomic E-state index is 0.0259. The summed E-state index contributed by atoms with van der Waals surface area (Å²) in [6.45, 7) is 1.47. The highest BCUT2D eigenvalue weighted by Crippen LogP contribution is 2.19. The zero-order valence-corrected chi connectivity index (χ0v) is 12.3. The van der Waals surface area contributed by atoms with E-state index in [0.717, 1.165) is 0 Å². The van der Waals surface area contributed by atoms with Crippen LogP contribution in [0.1, 0.15) is 12.8 Å². The summed E-state index contributed by atoms with van der Waals surface area (Å²) >= 11 is 0. The lowest BCUT2D eigenvalue weighted by atomic mass is 10.1. The van der Waals surface area contributed by atoms with Crippen molar-refractivity contribution in [2.45, 2.75) is 25.0 Å². The van der Waals surface area contributed by atoms with Gasteiger partial charge in [0.1, 0.15) is 6.04 Å². The summed E-state index contributed by atoms with van der Waals surface area (Å²) in [7, 11) is -1.95. The van der Waals surface area contributed by atoms with Crippen LogP contribution in [0.15, 0.2) is 0 Å². The first-order valence-corrected chi connectivity index (χ1v) is 8.09. The summed E-state index contributed by atoms with van der Waals surface area (Å²) in [5, 5.41) is 11.8. The smallest absolute Gasteiger partial charge is 0.322 e. The Labute approximate surface area is 118 Å². The van der Waals surface area contributed by atoms with Crippen LogP contribution >= 0.6 is 0 Å². The minimum atomic E-state index is -3.58. The molecule has 2 heterocycles. The van der Waals surface area contributed by atoms with Crippen molar-refractivity contribution in [3.63, 3.8) is 0 Å². The molecule has 2 aliphatic rings. The van der Waals surface area contributed by atoms with Gasteiger partial charge in [-0.15, -0.1) is 0 Å². The van der Waals surface area contributed by atoms with Crippen molar-refractivity contribution in [2.75, 3.05) is 39.8 Å². The number of carboxylic acid groups (broad SMARTS) is 1. The highest BCUT2D eigenvalue weighted by Gasteiger charge is 2.37. The SMILES string of the molecule is COC1CCN(S(=O)(=O)N2CCNC(C(=O)O)C2)CC1. The number of carboxylic acids is 1. The minimum Gasteiger partial charge on any atom is -0.480 e. The number of piperidine rings is 1. The fraction of sp³-hybridized carbons (Fsp3) is 0.909. The van der Waals surface area contributed by atoms with Gasteiger partial charge in [0, 0.05) is 39.8 Å². The molecule has 8 nitrogen and oxygen atoms in total. The van der Waals surface area contributed by atoms with E-state index in [1.165, 1.54) is 8.61 Å². The largest absolute Gasteiger partial charge is 0.480 e. The summed E-state index contributed by atoms with van der Waals surface area (Å²) in [6.07, 6.45) is 1.45. The number of methoxy groups -OCH3 is 1. The van der Waals surface area contributed by atoms with Crippen LogP contribution in [-0.2, 0) is 19.7 Å². The zero-order chi connectivity index (χ0) is 14.8. The molecular formula is C11H21N3O5S. The van der Waals surface area contributed by atoms with Crippen LogP contribution in [0, 0.1) is 0 Å². The Bertz CT molecular complexity index is 447. The van der Waals surface area contributed by atoms with Crippen molar-refractivity contribution in [1.82, 2.24) is 13.9 Å². The number of nitrogens with one attached hydrogen (secondary N) is 1. The van der Waals surface area contributed by atoms with Crippen LogP contribution in [0.25, 0.3) is 0 Å². The molecular weight excluding hydrogens is 286 g/mol. The van der Waals surface area contributed by atoms with Crippen molar-refractivity contribution in [3.8, 4) is 0 Å². The molecule has 0 bridgehead atoms. The van der Waals surface area contributed by atoms with Crippen LogP contribution in [0.4, 0.5) is 0 Å². The average molecular weight is 307 g/mol. The Balaban J connectivity index is 2.01. The molecule has 0 aliphatic carbocycles. The van der Waals surface area contributed by atoms with Crippen LogP contribution in [-0.4, -0.2) is 80.1 Å². The van der Waals surface area contributed by atoms with E-state index in [2.05, 4.69) is 5.32 Å². The number of ether oxygens (including phenoxy) is 1. The summed E-state index contributed by atoms with van der Waals surface area (Å²) in [6, 6.07) is -0.838. The standard InChI is InChI=1S/C11H21N3O5S/c1-19-9-2-5-13(6-3-9)20(17,18)14-7-4-12-10(8-14)11(15)16/h9-10,12H,2-8H2,1H3,(H,15,16). The van der Waals surface area contributed by atoms with Gasteiger partial charge in [0.05, 0.1) is 6.10 Å². The fourth-order valence-electron chi connectivity index (χ4n) is 2.56. The van der Waals surface area contributed by atoms with Gasteiger partial charge in [0.2, 0.25) is 0 Å². The van der Waals surface area contributed by atoms with Gasteiger partial charge in [-0.2, -0.15) is 17.0 Å². The molecule has 1 atom stereocenters. The number of hydrogen-bond acceptors (Lipinski definition) is 5. The van der Waals surface area contributed by atoms with Gasteiger partial charge >= 0.3 is 5.97 Å². The Hall–Kier alpha value is -0.740. The highest BCUT2D eigenvalue weighted by atomic mass is 32.2. The summed E-state index contributed by atoms with van der Waals surface area (Å²) < 4.78 is 32.9. The molecule has 1 unspecified atom stereocenters. The number of nitrogens with zero attached hydrogens (tertiary/aromatic N) is 2. The molecule has 2 rings (SSSR count). The van der Waals surface area contributed by atoms with Gasteiger partial charge in [-0.3, -0.25) is 4.79 Å². The van der Waals surface area contributed by atoms with Crippen LogP contribution in [0.2, 0.25) is 0 Å². The molecule has 0 spiro atoms. The third-order valence-corrected chi connectivity index (χ3v) is 5.83. The Morgan fingerprint density at radius 1 is 1.25 bits per heavy atom. The molecule has 0 radical (unpaired) electrons. The van der Waals surface area contributed by atoms with Crippen molar-refractivity contribution in [2.24, 2.45) is 0 Å². The quantitative estimate of drug-likeness (QED) is 0.670. The van der Waals surface area contributed by atoms with Gasteiger partial charge in [0.25, 0.3) is 10.2 Å². The van der Waals surface area contributed by atoms with E-state index in [1.54, 1.807) is 7.11 Å². The van der Waals surface area contributed by atoms with E-state index in [4.69, 9.17) is 9.84 Å². The third-order valence-electron chi connectivity index (χ3n) is 3.82. The van der Waals surface area contributed by atoms with Crippen molar-refractivity contribution < 1.29 is 23.1 Å². The maximum absolute atomic E-state index is 12.5. The lowest BCUT2D eigenvalue weighted by Crippen LogP contribution is -2.59. The fourth-order valence-corrected chi connectivity index (χ4v) is 4.22. The van der Waals surface area contributed by atoms with Gasteiger partial charge < -0.3 is 15.2 Å². The molecule has 0 saturated carbocycles. The third kappa shape index (κ3) is 3.29. The molecule has 2 aliphatic heterocycles. The Morgan fingerprint density at radius 2 is 1.90 bits per heavy atom. The Kier molecular flexibility index (Phi) is 4.97. The number of carbonyl (C=O) groups is 1. The van der Waals surface area contributed by atoms with Crippen molar-refractivity contribution in [3.05, 3.63) is 0 Å². The van der Waals surface area contributed by atoms with Crippen molar-refractivity contribution in [1.29, 1.82) is 0 Å². The molecule has 0 aromatic heterocycles. The van der Waals surface area contributed by atoms with Crippen molar-refractivity contribution >= 4 is 16.2 Å². The number of aliphatic carboxylic acids is 1. The molecule has 2 N–H and O–H groups in total. The average Bonchev–Trinajstić information content (AvgIpc) is 2.47. The molecule has 9 heteroatoms. The lowest BCUT2D eigenvalue weighted by molar-refractivity contribution is -0.140. The lowest BCUT2D eigenvalue weighted by Gasteiger charge is -2.37. The first-order valence-electron chi connectivity index (χ1n) is 6.69. The van der Waals surface area contributed by atoms with E-state index >= 15 is 0 Å². The number of hydrogen-bond donors (Lipinski definition) is 2. The van der Waals surface area contributed by atoms with E-state index < -0.39 is 22.2 Å². The number of rotatable bonds is 4. The molecule has 2 fully saturated rings. The van der Waals surface area contributed by atoms with E-state index in [1.807, 2.05) is 0 Å². The predicted octanol–water partition coefficient (Wildman–Crippen LogP) is -1.30. The maximum atomic E-state index is 12.5. The summed E-state index contributed by atoms with van der Waals surface area (Å²) in [5.41, 5.74) is 0. The molecule has 0 aromatic carbocycles. The summed E-state index contributed by atoms with van der Waals surface area (Å²) in [4.78, 5) is 11.0. The van der Waals surface area contributed by atoms with E-state index in [9.17, 15) is 13.2 Å². The van der Waals surface area contributed by atoms with Gasteiger partial charge in [0.15, 0.2) is 0 Å². The predicted molar refractivity (Wildman–Crippen MR) is 71.5 cm³/mol. The first-order chi connectivity index (χ1) is 9.45. The number of piperazine rings is 1. The second-order valence-electron chi connectivity index (χ2n) is 5.04. The molecule has 2 saturated heterocycles. The summed E-state index contributed by atoms with van der Waals surface area (Å²) in [5.74, 6) is -1.03. The Morgan fingerprint density at radius 3 is 2.45 bits per heavy atom. The maximum Gasteiger partial charge on any atom is 0.322 e. The van der Waals surface area contributed by atoms with Crippen LogP contribution in [0.5, 0.6) is 0 Å². The van der Waals surface area contributed by atoms with E-state index in [-0.39, 0.29) is 12.6 Å². The molecule has 116 valence electrons. The monoisotopic (exact) mass is 307 g/mol. The van der Waals surface area contributed by atoms with E-state index in [0.29, 0.717) is 39.0 Å². The molecule has 20 heavy (non-hydrogen) atoms. The van der Waals surface area contributed by atoms with Crippen LogP contribution in [0.3, 0.4) is 0 Å². The second kappa shape index (κ2) is 6.35. The highest BCUT2D eigenvalue weighted by molar-refractivity contribution is 7.86. The second-order valence-corrected chi connectivity index (χ2v) is 6.97. The van der Waals surface area contributed by atoms with Gasteiger partial charge in [-0.05, 0) is 12.8 Å². The molecule has 0 aromatic rings. The first kappa shape index (κ1) is 15.6. The zero-order valence-electron chi connectivity index (χ0n) is 11.5. The topological polar surface area (TPSA) is 99.2 Å². The van der Waals surface area contributed by atoms with Gasteiger partial charge in [-0.1, -0.05) is 0 Å². The molecule has 0 amide bonds.